The number of nitrogen functional groups attached to an aromatic ring is 1. The molecule has 0 radical (unpaired) electrons. The molecule has 0 unspecified atom stereocenters. The number of anilines is 1. The van der Waals surface area contributed by atoms with E-state index in [-0.39, 0.29) is 11.8 Å². The minimum Gasteiger partial charge on any atom is -0.365 e. The first-order valence-corrected chi connectivity index (χ1v) is 4.47. The fourth-order valence-electron chi connectivity index (χ4n) is 1.01. The fourth-order valence-corrected chi connectivity index (χ4v) is 1.39. The summed E-state index contributed by atoms with van der Waals surface area (Å²) < 4.78 is 4.86. The third-order valence-electron chi connectivity index (χ3n) is 1.62. The molecule has 72 valence electrons. The highest BCUT2D eigenvalue weighted by Crippen LogP contribution is 2.32. The first kappa shape index (κ1) is 9.30. The van der Waals surface area contributed by atoms with Crippen molar-refractivity contribution in [3.8, 4) is 11.5 Å². The maximum atomic E-state index is 5.94. The summed E-state index contributed by atoms with van der Waals surface area (Å²) in [6.07, 6.45) is 0. The highest BCUT2D eigenvalue weighted by atomic mass is 35.5. The van der Waals surface area contributed by atoms with Crippen LogP contribution in [0.25, 0.3) is 11.5 Å². The van der Waals surface area contributed by atoms with Crippen LogP contribution in [0.2, 0.25) is 10.0 Å². The Balaban J connectivity index is 2.57. The van der Waals surface area contributed by atoms with Crippen molar-refractivity contribution in [2.24, 2.45) is 0 Å². The van der Waals surface area contributed by atoms with Crippen LogP contribution in [-0.4, -0.2) is 10.1 Å². The summed E-state index contributed by atoms with van der Waals surface area (Å²) in [7, 11) is 0. The summed E-state index contributed by atoms with van der Waals surface area (Å²) in [6.45, 7) is 0. The van der Waals surface area contributed by atoms with Gasteiger partial charge in [-0.05, 0) is 17.3 Å². The van der Waals surface area contributed by atoms with Crippen LogP contribution in [0.15, 0.2) is 22.7 Å². The maximum Gasteiger partial charge on any atom is 0.261 e. The summed E-state index contributed by atoms with van der Waals surface area (Å²) in [5.74, 6) is 0.325. The van der Waals surface area contributed by atoms with Crippen molar-refractivity contribution in [1.29, 1.82) is 0 Å². The zero-order valence-electron chi connectivity index (χ0n) is 6.87. The quantitative estimate of drug-likeness (QED) is 0.817. The molecule has 0 bridgehead atoms. The molecule has 2 N–H and O–H groups in total. The van der Waals surface area contributed by atoms with Gasteiger partial charge in [-0.15, -0.1) is 0 Å². The number of nitrogens with two attached hydrogens (primary N) is 1. The lowest BCUT2D eigenvalue weighted by molar-refractivity contribution is 0.433. The SMILES string of the molecule is Nc1noc(-c2cccc(Cl)c2Cl)n1. The van der Waals surface area contributed by atoms with Crippen LogP contribution >= 0.6 is 23.2 Å². The van der Waals surface area contributed by atoms with Crippen LogP contribution in [0.3, 0.4) is 0 Å². The Morgan fingerprint density at radius 3 is 2.71 bits per heavy atom. The Bertz CT molecular complexity index is 469. The molecule has 0 amide bonds. The number of rotatable bonds is 1. The highest BCUT2D eigenvalue weighted by molar-refractivity contribution is 6.43. The number of benzene rings is 1. The molecule has 0 saturated heterocycles. The van der Waals surface area contributed by atoms with Crippen LogP contribution < -0.4 is 5.73 Å². The Morgan fingerprint density at radius 2 is 2.07 bits per heavy atom. The molecular formula is C8H5Cl2N3O. The lowest BCUT2D eigenvalue weighted by Gasteiger charge is -1.99. The molecule has 6 heteroatoms. The Morgan fingerprint density at radius 1 is 1.29 bits per heavy atom. The average Bonchev–Trinajstić information content (AvgIpc) is 2.57. The molecule has 1 aromatic heterocycles. The summed E-state index contributed by atoms with van der Waals surface area (Å²) in [4.78, 5) is 3.84. The van der Waals surface area contributed by atoms with Crippen molar-refractivity contribution in [1.82, 2.24) is 10.1 Å². The topological polar surface area (TPSA) is 64.9 Å². The minimum absolute atomic E-state index is 0.0658. The third-order valence-corrected chi connectivity index (χ3v) is 2.44. The predicted octanol–water partition coefficient (Wildman–Crippen LogP) is 2.63. The third kappa shape index (κ3) is 1.54. The van der Waals surface area contributed by atoms with E-state index in [1.54, 1.807) is 18.2 Å². The second kappa shape index (κ2) is 3.48. The van der Waals surface area contributed by atoms with Gasteiger partial charge in [-0.3, -0.25) is 0 Å². The van der Waals surface area contributed by atoms with E-state index in [0.717, 1.165) is 0 Å². The van der Waals surface area contributed by atoms with Gasteiger partial charge in [0, 0.05) is 0 Å². The van der Waals surface area contributed by atoms with Gasteiger partial charge in [0.1, 0.15) is 0 Å². The number of hydrogen-bond donors (Lipinski definition) is 1. The molecule has 2 rings (SSSR count). The van der Waals surface area contributed by atoms with Gasteiger partial charge in [0.2, 0.25) is 0 Å². The van der Waals surface area contributed by atoms with Crippen LogP contribution in [0.4, 0.5) is 5.95 Å². The van der Waals surface area contributed by atoms with Gasteiger partial charge in [-0.1, -0.05) is 29.3 Å². The van der Waals surface area contributed by atoms with Crippen LogP contribution in [-0.2, 0) is 0 Å². The first-order chi connectivity index (χ1) is 6.68. The summed E-state index contributed by atoms with van der Waals surface area (Å²) in [5.41, 5.74) is 5.88. The van der Waals surface area contributed by atoms with Crippen molar-refractivity contribution in [2.75, 3.05) is 5.73 Å². The highest BCUT2D eigenvalue weighted by Gasteiger charge is 2.12. The molecule has 0 aliphatic heterocycles. The van der Waals surface area contributed by atoms with Crippen molar-refractivity contribution < 1.29 is 4.52 Å². The normalized spacial score (nSPS) is 10.4. The molecule has 0 saturated carbocycles. The van der Waals surface area contributed by atoms with E-state index >= 15 is 0 Å². The molecule has 2 aromatic rings. The van der Waals surface area contributed by atoms with Crippen LogP contribution in [0, 0.1) is 0 Å². The van der Waals surface area contributed by atoms with Crippen LogP contribution in [0.1, 0.15) is 0 Å². The van der Waals surface area contributed by atoms with E-state index in [2.05, 4.69) is 10.1 Å². The van der Waals surface area contributed by atoms with Gasteiger partial charge in [0.15, 0.2) is 0 Å². The van der Waals surface area contributed by atoms with Gasteiger partial charge in [-0.2, -0.15) is 4.98 Å². The van der Waals surface area contributed by atoms with Crippen molar-refractivity contribution in [3.05, 3.63) is 28.2 Å². The van der Waals surface area contributed by atoms with Crippen molar-refractivity contribution in [3.63, 3.8) is 0 Å². The van der Waals surface area contributed by atoms with E-state index in [4.69, 9.17) is 33.5 Å². The Kier molecular flexibility index (Phi) is 2.31. The monoisotopic (exact) mass is 229 g/mol. The van der Waals surface area contributed by atoms with Gasteiger partial charge in [-0.25, -0.2) is 0 Å². The number of aromatic nitrogens is 2. The summed E-state index contributed by atoms with van der Waals surface area (Å²) in [5, 5.41) is 4.26. The maximum absolute atomic E-state index is 5.94. The zero-order chi connectivity index (χ0) is 10.1. The summed E-state index contributed by atoms with van der Waals surface area (Å²) in [6, 6.07) is 5.14. The molecular weight excluding hydrogens is 225 g/mol. The van der Waals surface area contributed by atoms with Crippen molar-refractivity contribution >= 4 is 29.2 Å². The standard InChI is InChI=1S/C8H5Cl2N3O/c9-5-3-1-2-4(6(5)10)7-12-8(11)13-14-7/h1-3H,(H2,11,13). The van der Waals surface area contributed by atoms with E-state index in [1.165, 1.54) is 0 Å². The predicted molar refractivity (Wildman–Crippen MR) is 54.2 cm³/mol. The lowest BCUT2D eigenvalue weighted by atomic mass is 10.2. The van der Waals surface area contributed by atoms with Gasteiger partial charge >= 0.3 is 0 Å². The van der Waals surface area contributed by atoms with Gasteiger partial charge in [0.25, 0.3) is 11.8 Å². The lowest BCUT2D eigenvalue weighted by Crippen LogP contribution is -1.86. The molecule has 0 aliphatic carbocycles. The largest absolute Gasteiger partial charge is 0.365 e. The number of halogens is 2. The average molecular weight is 230 g/mol. The smallest absolute Gasteiger partial charge is 0.261 e. The van der Waals surface area contributed by atoms with E-state index in [0.29, 0.717) is 15.6 Å². The second-order valence-corrected chi connectivity index (χ2v) is 3.34. The Hall–Kier alpha value is -1.26. The number of nitrogens with zero attached hydrogens (tertiary/aromatic N) is 2. The molecule has 4 nitrogen and oxygen atoms in total. The van der Waals surface area contributed by atoms with E-state index < -0.39 is 0 Å². The number of hydrogen-bond acceptors (Lipinski definition) is 4. The van der Waals surface area contributed by atoms with Gasteiger partial charge in [0.05, 0.1) is 15.6 Å². The molecule has 0 atom stereocenters. The molecule has 14 heavy (non-hydrogen) atoms. The minimum atomic E-state index is 0.0658. The molecule has 1 heterocycles. The van der Waals surface area contributed by atoms with Crippen molar-refractivity contribution in [2.45, 2.75) is 0 Å². The second-order valence-electron chi connectivity index (χ2n) is 2.56. The Labute approximate surface area is 89.6 Å². The van der Waals surface area contributed by atoms with E-state index in [1.807, 2.05) is 0 Å². The first-order valence-electron chi connectivity index (χ1n) is 3.72. The molecule has 0 fully saturated rings. The summed E-state index contributed by atoms with van der Waals surface area (Å²) >= 11 is 11.8. The van der Waals surface area contributed by atoms with Gasteiger partial charge < -0.3 is 10.3 Å². The van der Waals surface area contributed by atoms with Crippen LogP contribution in [0.5, 0.6) is 0 Å². The molecule has 0 aliphatic rings. The zero-order valence-corrected chi connectivity index (χ0v) is 8.38. The fraction of sp³-hybridized carbons (Fsp3) is 0. The molecule has 0 spiro atoms. The van der Waals surface area contributed by atoms with E-state index in [9.17, 15) is 0 Å². The molecule has 1 aromatic carbocycles.